The van der Waals surface area contributed by atoms with Gasteiger partial charge in [0, 0.05) is 18.3 Å². The zero-order valence-corrected chi connectivity index (χ0v) is 11.1. The molecule has 2 aromatic heterocycles. The highest BCUT2D eigenvalue weighted by Gasteiger charge is 2.05. The molecule has 0 saturated heterocycles. The van der Waals surface area contributed by atoms with Crippen LogP contribution in [0.5, 0.6) is 0 Å². The quantitative estimate of drug-likeness (QED) is 0.864. The molecule has 2 aromatic rings. The van der Waals surface area contributed by atoms with E-state index in [0.29, 0.717) is 0 Å². The van der Waals surface area contributed by atoms with Gasteiger partial charge in [0.05, 0.1) is 18.4 Å². The number of nitrogens with zero attached hydrogens (tertiary/aromatic N) is 4. The van der Waals surface area contributed by atoms with Crippen molar-refractivity contribution in [3.63, 3.8) is 0 Å². The van der Waals surface area contributed by atoms with E-state index in [1.165, 1.54) is 5.56 Å². The second kappa shape index (κ2) is 4.82. The summed E-state index contributed by atoms with van der Waals surface area (Å²) < 4.78 is 4.90. The maximum Gasteiger partial charge on any atom is 0.104 e. The van der Waals surface area contributed by atoms with Crippen LogP contribution in [0.25, 0.3) is 0 Å². The summed E-state index contributed by atoms with van der Waals surface area (Å²) in [7, 11) is 0. The number of halogens is 1. The minimum atomic E-state index is 0.764. The van der Waals surface area contributed by atoms with E-state index in [-0.39, 0.29) is 0 Å². The molecular formula is C11H15BrN4. The summed E-state index contributed by atoms with van der Waals surface area (Å²) in [6.07, 6.45) is 4.91. The highest BCUT2D eigenvalue weighted by atomic mass is 79.9. The van der Waals surface area contributed by atoms with Crippen LogP contribution in [0.2, 0.25) is 0 Å². The van der Waals surface area contributed by atoms with Crippen molar-refractivity contribution in [3.05, 3.63) is 34.3 Å². The Labute approximate surface area is 103 Å². The standard InChI is InChI=1S/C11H15BrN4/c1-3-10-5-11(12)16(14-10)8-9-6-13-15(4-2)7-9/h5-7H,3-4,8H2,1-2H3. The van der Waals surface area contributed by atoms with Crippen LogP contribution in [0.15, 0.2) is 23.1 Å². The van der Waals surface area contributed by atoms with Crippen molar-refractivity contribution < 1.29 is 0 Å². The summed E-state index contributed by atoms with van der Waals surface area (Å²) in [5.74, 6) is 0. The first-order valence-electron chi connectivity index (χ1n) is 5.46. The van der Waals surface area contributed by atoms with Gasteiger partial charge < -0.3 is 0 Å². The monoisotopic (exact) mass is 282 g/mol. The molecule has 0 aromatic carbocycles. The van der Waals surface area contributed by atoms with Crippen LogP contribution >= 0.6 is 15.9 Å². The van der Waals surface area contributed by atoms with Gasteiger partial charge in [-0.25, -0.2) is 0 Å². The van der Waals surface area contributed by atoms with E-state index < -0.39 is 0 Å². The average Bonchev–Trinajstić information content (AvgIpc) is 2.87. The van der Waals surface area contributed by atoms with Gasteiger partial charge in [-0.2, -0.15) is 10.2 Å². The molecule has 0 aliphatic heterocycles. The van der Waals surface area contributed by atoms with E-state index in [9.17, 15) is 0 Å². The van der Waals surface area contributed by atoms with Gasteiger partial charge in [0.15, 0.2) is 0 Å². The molecule has 0 unspecified atom stereocenters. The van der Waals surface area contributed by atoms with Gasteiger partial charge >= 0.3 is 0 Å². The lowest BCUT2D eigenvalue weighted by molar-refractivity contribution is 0.647. The van der Waals surface area contributed by atoms with E-state index in [1.807, 2.05) is 15.6 Å². The molecule has 0 fully saturated rings. The zero-order valence-electron chi connectivity index (χ0n) is 9.52. The van der Waals surface area contributed by atoms with Crippen molar-refractivity contribution in [2.75, 3.05) is 0 Å². The van der Waals surface area contributed by atoms with Crippen molar-refractivity contribution in [2.45, 2.75) is 33.4 Å². The smallest absolute Gasteiger partial charge is 0.104 e. The van der Waals surface area contributed by atoms with E-state index in [0.717, 1.165) is 29.8 Å². The fraction of sp³-hybridized carbons (Fsp3) is 0.455. The Balaban J connectivity index is 2.16. The molecule has 0 bridgehead atoms. The summed E-state index contributed by atoms with van der Waals surface area (Å²) in [4.78, 5) is 0. The van der Waals surface area contributed by atoms with Crippen LogP contribution in [0.1, 0.15) is 25.1 Å². The van der Waals surface area contributed by atoms with E-state index in [2.05, 4.69) is 52.2 Å². The first-order chi connectivity index (χ1) is 7.72. The van der Waals surface area contributed by atoms with Crippen molar-refractivity contribution >= 4 is 15.9 Å². The Morgan fingerprint density at radius 1 is 1.38 bits per heavy atom. The van der Waals surface area contributed by atoms with Gasteiger partial charge in [-0.05, 0) is 35.3 Å². The summed E-state index contributed by atoms with van der Waals surface area (Å²) in [5, 5.41) is 8.74. The van der Waals surface area contributed by atoms with Crippen LogP contribution in [-0.2, 0) is 19.5 Å². The van der Waals surface area contributed by atoms with Crippen LogP contribution in [0.4, 0.5) is 0 Å². The Bertz CT molecular complexity index is 472. The number of hydrogen-bond donors (Lipinski definition) is 0. The Hall–Kier alpha value is -1.10. The molecule has 0 saturated carbocycles. The molecule has 0 atom stereocenters. The van der Waals surface area contributed by atoms with E-state index >= 15 is 0 Å². The van der Waals surface area contributed by atoms with Crippen LogP contribution in [0.3, 0.4) is 0 Å². The molecule has 0 amide bonds. The molecule has 86 valence electrons. The summed E-state index contributed by atoms with van der Waals surface area (Å²) in [6, 6.07) is 2.06. The van der Waals surface area contributed by atoms with Gasteiger partial charge in [-0.1, -0.05) is 6.92 Å². The summed E-state index contributed by atoms with van der Waals surface area (Å²) in [6.45, 7) is 5.85. The molecule has 0 radical (unpaired) electrons. The van der Waals surface area contributed by atoms with Gasteiger partial charge in [0.2, 0.25) is 0 Å². The normalized spacial score (nSPS) is 10.9. The maximum atomic E-state index is 4.49. The Kier molecular flexibility index (Phi) is 3.43. The lowest BCUT2D eigenvalue weighted by Gasteiger charge is -2.00. The zero-order chi connectivity index (χ0) is 11.5. The highest BCUT2D eigenvalue weighted by Crippen LogP contribution is 2.14. The molecule has 0 aliphatic rings. The lowest BCUT2D eigenvalue weighted by Crippen LogP contribution is -2.02. The lowest BCUT2D eigenvalue weighted by atomic mass is 10.3. The summed E-state index contributed by atoms with van der Waals surface area (Å²) in [5.41, 5.74) is 2.28. The molecule has 4 nitrogen and oxygen atoms in total. The van der Waals surface area contributed by atoms with Crippen molar-refractivity contribution in [2.24, 2.45) is 0 Å². The molecule has 16 heavy (non-hydrogen) atoms. The van der Waals surface area contributed by atoms with E-state index in [4.69, 9.17) is 0 Å². The third-order valence-corrected chi connectivity index (χ3v) is 3.13. The van der Waals surface area contributed by atoms with Crippen LogP contribution in [0, 0.1) is 0 Å². The van der Waals surface area contributed by atoms with Crippen LogP contribution in [-0.4, -0.2) is 19.6 Å². The first-order valence-corrected chi connectivity index (χ1v) is 6.25. The average molecular weight is 283 g/mol. The molecule has 0 N–H and O–H groups in total. The minimum absolute atomic E-state index is 0.764. The summed E-state index contributed by atoms with van der Waals surface area (Å²) >= 11 is 3.51. The van der Waals surface area contributed by atoms with E-state index in [1.54, 1.807) is 0 Å². The first kappa shape index (κ1) is 11.4. The Morgan fingerprint density at radius 2 is 2.19 bits per heavy atom. The second-order valence-corrected chi connectivity index (χ2v) is 4.49. The fourth-order valence-electron chi connectivity index (χ4n) is 1.56. The number of aromatic nitrogens is 4. The highest BCUT2D eigenvalue weighted by molar-refractivity contribution is 9.10. The molecule has 5 heteroatoms. The number of aryl methyl sites for hydroxylation is 2. The second-order valence-electron chi connectivity index (χ2n) is 3.67. The van der Waals surface area contributed by atoms with Gasteiger partial charge in [0.25, 0.3) is 0 Å². The number of hydrogen-bond acceptors (Lipinski definition) is 2. The van der Waals surface area contributed by atoms with Gasteiger partial charge in [-0.15, -0.1) is 0 Å². The van der Waals surface area contributed by atoms with Gasteiger partial charge in [0.1, 0.15) is 4.60 Å². The maximum absolute atomic E-state index is 4.49. The minimum Gasteiger partial charge on any atom is -0.273 e. The van der Waals surface area contributed by atoms with Gasteiger partial charge in [-0.3, -0.25) is 9.36 Å². The molecule has 2 heterocycles. The SMILES string of the molecule is CCc1cc(Br)n(Cc2cnn(CC)c2)n1. The molecule has 0 spiro atoms. The molecule has 0 aliphatic carbocycles. The van der Waals surface area contributed by atoms with Crippen molar-refractivity contribution in [1.82, 2.24) is 19.6 Å². The third kappa shape index (κ3) is 2.35. The predicted octanol–water partition coefficient (Wildman–Crippen LogP) is 2.47. The largest absolute Gasteiger partial charge is 0.273 e. The molecule has 2 rings (SSSR count). The number of rotatable bonds is 4. The Morgan fingerprint density at radius 3 is 2.75 bits per heavy atom. The molecular weight excluding hydrogens is 268 g/mol. The topological polar surface area (TPSA) is 35.6 Å². The predicted molar refractivity (Wildman–Crippen MR) is 66.3 cm³/mol. The van der Waals surface area contributed by atoms with Crippen molar-refractivity contribution in [3.8, 4) is 0 Å². The third-order valence-electron chi connectivity index (χ3n) is 2.49. The van der Waals surface area contributed by atoms with Crippen molar-refractivity contribution in [1.29, 1.82) is 0 Å². The fourth-order valence-corrected chi connectivity index (χ4v) is 2.03. The van der Waals surface area contributed by atoms with Crippen LogP contribution < -0.4 is 0 Å².